The number of para-hydroxylation sites is 1. The zero-order chi connectivity index (χ0) is 17.3. The van der Waals surface area contributed by atoms with Crippen LogP contribution in [0.4, 0.5) is 10.5 Å². The standard InChI is InChI=1S/C18H14ClNO4/c1-10-4-3-5-14(19)17(10)20-18(22)23-12-6-7-13-11(2)8-16(21)24-15(13)9-12/h3-9H,1-2H3,(H,20,22). The lowest BCUT2D eigenvalue weighted by Crippen LogP contribution is -2.17. The van der Waals surface area contributed by atoms with Crippen molar-refractivity contribution in [3.05, 3.63) is 69.0 Å². The third-order valence-corrected chi connectivity index (χ3v) is 3.90. The van der Waals surface area contributed by atoms with Crippen LogP contribution in [0, 0.1) is 13.8 Å². The van der Waals surface area contributed by atoms with E-state index in [4.69, 9.17) is 20.8 Å². The van der Waals surface area contributed by atoms with Crippen molar-refractivity contribution in [1.29, 1.82) is 0 Å². The maximum atomic E-state index is 12.1. The summed E-state index contributed by atoms with van der Waals surface area (Å²) in [5.41, 5.74) is 2.02. The molecule has 1 heterocycles. The molecule has 0 aliphatic rings. The van der Waals surface area contributed by atoms with Crippen LogP contribution in [0.15, 0.2) is 51.7 Å². The smallest absolute Gasteiger partial charge is 0.417 e. The number of hydrogen-bond acceptors (Lipinski definition) is 4. The molecule has 3 rings (SSSR count). The molecule has 0 aliphatic heterocycles. The highest BCUT2D eigenvalue weighted by Crippen LogP contribution is 2.26. The van der Waals surface area contributed by atoms with Crippen LogP contribution in [0.25, 0.3) is 11.0 Å². The molecule has 0 atom stereocenters. The molecule has 0 fully saturated rings. The minimum absolute atomic E-state index is 0.262. The van der Waals surface area contributed by atoms with E-state index in [0.29, 0.717) is 16.3 Å². The molecule has 3 aromatic rings. The number of rotatable bonds is 2. The van der Waals surface area contributed by atoms with Gasteiger partial charge < -0.3 is 9.15 Å². The Kier molecular flexibility index (Phi) is 4.27. The van der Waals surface area contributed by atoms with Gasteiger partial charge in [0.1, 0.15) is 11.3 Å². The number of amides is 1. The molecule has 5 nitrogen and oxygen atoms in total. The van der Waals surface area contributed by atoms with Gasteiger partial charge in [0.25, 0.3) is 0 Å². The second-order valence-corrected chi connectivity index (χ2v) is 5.76. The SMILES string of the molecule is Cc1cccc(Cl)c1NC(=O)Oc1ccc2c(C)cc(=O)oc2c1. The fraction of sp³-hybridized carbons (Fsp3) is 0.111. The van der Waals surface area contributed by atoms with Crippen molar-refractivity contribution in [1.82, 2.24) is 0 Å². The molecule has 1 aromatic heterocycles. The van der Waals surface area contributed by atoms with Crippen molar-refractivity contribution in [3.8, 4) is 5.75 Å². The molecule has 2 aromatic carbocycles. The Morgan fingerprint density at radius 3 is 2.67 bits per heavy atom. The second-order valence-electron chi connectivity index (χ2n) is 5.35. The third-order valence-electron chi connectivity index (χ3n) is 3.58. The molecule has 0 bridgehead atoms. The summed E-state index contributed by atoms with van der Waals surface area (Å²) in [4.78, 5) is 23.5. The first-order valence-corrected chi connectivity index (χ1v) is 7.60. The first-order chi connectivity index (χ1) is 11.4. The average molecular weight is 344 g/mol. The Bertz CT molecular complexity index is 974. The van der Waals surface area contributed by atoms with E-state index >= 15 is 0 Å². The molecule has 1 amide bonds. The van der Waals surface area contributed by atoms with E-state index in [-0.39, 0.29) is 5.75 Å². The summed E-state index contributed by atoms with van der Waals surface area (Å²) in [6, 6.07) is 11.6. The molecule has 0 saturated heterocycles. The topological polar surface area (TPSA) is 68.5 Å². The molecular formula is C18H14ClNO4. The van der Waals surface area contributed by atoms with Crippen molar-refractivity contribution in [2.75, 3.05) is 5.32 Å². The maximum absolute atomic E-state index is 12.1. The Morgan fingerprint density at radius 2 is 1.92 bits per heavy atom. The summed E-state index contributed by atoms with van der Waals surface area (Å²) >= 11 is 6.07. The first kappa shape index (κ1) is 16.1. The number of carbonyl (C=O) groups excluding carboxylic acids is 1. The van der Waals surface area contributed by atoms with Gasteiger partial charge in [-0.25, -0.2) is 9.59 Å². The number of nitrogens with one attached hydrogen (secondary N) is 1. The number of aryl methyl sites for hydroxylation is 2. The van der Waals surface area contributed by atoms with Gasteiger partial charge in [0.2, 0.25) is 0 Å². The van der Waals surface area contributed by atoms with E-state index in [9.17, 15) is 9.59 Å². The zero-order valence-corrected chi connectivity index (χ0v) is 13.8. The van der Waals surface area contributed by atoms with Gasteiger partial charge in [-0.1, -0.05) is 23.7 Å². The lowest BCUT2D eigenvalue weighted by Gasteiger charge is -2.11. The molecule has 1 N–H and O–H groups in total. The summed E-state index contributed by atoms with van der Waals surface area (Å²) in [5.74, 6) is 0.262. The molecule has 0 saturated carbocycles. The van der Waals surface area contributed by atoms with Crippen LogP contribution in [0.1, 0.15) is 11.1 Å². The zero-order valence-electron chi connectivity index (χ0n) is 13.1. The van der Waals surface area contributed by atoms with Gasteiger partial charge in [0.15, 0.2) is 0 Å². The summed E-state index contributed by atoms with van der Waals surface area (Å²) in [6.07, 6.45) is -0.680. The summed E-state index contributed by atoms with van der Waals surface area (Å²) < 4.78 is 10.4. The third kappa shape index (κ3) is 3.26. The lowest BCUT2D eigenvalue weighted by molar-refractivity contribution is 0.215. The van der Waals surface area contributed by atoms with E-state index in [1.165, 1.54) is 12.1 Å². The molecule has 122 valence electrons. The van der Waals surface area contributed by atoms with Crippen LogP contribution < -0.4 is 15.7 Å². The van der Waals surface area contributed by atoms with E-state index < -0.39 is 11.7 Å². The molecule has 6 heteroatoms. The van der Waals surface area contributed by atoms with Gasteiger partial charge in [0, 0.05) is 17.5 Å². The fourth-order valence-corrected chi connectivity index (χ4v) is 2.66. The van der Waals surface area contributed by atoms with Crippen LogP contribution in [0.3, 0.4) is 0 Å². The molecule has 0 unspecified atom stereocenters. The molecule has 0 spiro atoms. The first-order valence-electron chi connectivity index (χ1n) is 7.22. The number of hydrogen-bond donors (Lipinski definition) is 1. The number of benzene rings is 2. The van der Waals surface area contributed by atoms with Crippen molar-refractivity contribution >= 4 is 34.4 Å². The minimum atomic E-state index is -0.680. The number of anilines is 1. The Balaban J connectivity index is 1.84. The monoisotopic (exact) mass is 343 g/mol. The van der Waals surface area contributed by atoms with Crippen molar-refractivity contribution in [2.24, 2.45) is 0 Å². The average Bonchev–Trinajstić information content (AvgIpc) is 2.50. The van der Waals surface area contributed by atoms with Crippen molar-refractivity contribution < 1.29 is 13.9 Å². The number of fused-ring (bicyclic) bond motifs is 1. The number of halogens is 1. The highest BCUT2D eigenvalue weighted by molar-refractivity contribution is 6.33. The molecule has 0 radical (unpaired) electrons. The van der Waals surface area contributed by atoms with Crippen molar-refractivity contribution in [2.45, 2.75) is 13.8 Å². The highest BCUT2D eigenvalue weighted by Gasteiger charge is 2.11. The Morgan fingerprint density at radius 1 is 1.12 bits per heavy atom. The van der Waals surface area contributed by atoms with Crippen molar-refractivity contribution in [3.63, 3.8) is 0 Å². The largest absolute Gasteiger partial charge is 0.423 e. The normalized spacial score (nSPS) is 10.6. The minimum Gasteiger partial charge on any atom is -0.423 e. The van der Waals surface area contributed by atoms with Gasteiger partial charge in [-0.3, -0.25) is 5.32 Å². The number of ether oxygens (including phenoxy) is 1. The van der Waals surface area contributed by atoms with Crippen LogP contribution >= 0.6 is 11.6 Å². The quantitative estimate of drug-likeness (QED) is 0.686. The van der Waals surface area contributed by atoms with E-state index in [0.717, 1.165) is 16.5 Å². The summed E-state index contributed by atoms with van der Waals surface area (Å²) in [5, 5.41) is 3.82. The van der Waals surface area contributed by atoms with Crippen LogP contribution in [0.5, 0.6) is 5.75 Å². The summed E-state index contributed by atoms with van der Waals surface area (Å²) in [6.45, 7) is 3.64. The molecular weight excluding hydrogens is 330 g/mol. The molecule has 24 heavy (non-hydrogen) atoms. The van der Waals surface area contributed by atoms with Gasteiger partial charge in [0.05, 0.1) is 10.7 Å². The van der Waals surface area contributed by atoms with Gasteiger partial charge in [-0.2, -0.15) is 0 Å². The molecule has 0 aliphatic carbocycles. The van der Waals surface area contributed by atoms with E-state index in [1.807, 2.05) is 19.9 Å². The van der Waals surface area contributed by atoms with Gasteiger partial charge in [-0.15, -0.1) is 0 Å². The van der Waals surface area contributed by atoms with E-state index in [1.54, 1.807) is 24.3 Å². The highest BCUT2D eigenvalue weighted by atomic mass is 35.5. The van der Waals surface area contributed by atoms with Crippen LogP contribution in [0.2, 0.25) is 5.02 Å². The Hall–Kier alpha value is -2.79. The Labute approximate surface area is 142 Å². The number of carbonyl (C=O) groups is 1. The summed E-state index contributed by atoms with van der Waals surface area (Å²) in [7, 11) is 0. The predicted molar refractivity (Wildman–Crippen MR) is 93.1 cm³/mol. The second kappa shape index (κ2) is 6.37. The van der Waals surface area contributed by atoms with E-state index in [2.05, 4.69) is 5.32 Å². The van der Waals surface area contributed by atoms with Gasteiger partial charge in [-0.05, 0) is 43.2 Å². The lowest BCUT2D eigenvalue weighted by atomic mass is 10.1. The van der Waals surface area contributed by atoms with Crippen LogP contribution in [-0.2, 0) is 0 Å². The van der Waals surface area contributed by atoms with Crippen LogP contribution in [-0.4, -0.2) is 6.09 Å². The predicted octanol–water partition coefficient (Wildman–Crippen LogP) is 4.67. The fourth-order valence-electron chi connectivity index (χ4n) is 2.39. The van der Waals surface area contributed by atoms with Gasteiger partial charge >= 0.3 is 11.7 Å². The maximum Gasteiger partial charge on any atom is 0.417 e.